The van der Waals surface area contributed by atoms with Crippen LogP contribution in [0.3, 0.4) is 0 Å². The minimum Gasteiger partial charge on any atom is -0.488 e. The van der Waals surface area contributed by atoms with E-state index in [9.17, 15) is 9.59 Å². The summed E-state index contributed by atoms with van der Waals surface area (Å²) < 4.78 is 10.8. The molecule has 0 saturated carbocycles. The minimum absolute atomic E-state index is 0.119. The Labute approximate surface area is 130 Å². The van der Waals surface area contributed by atoms with Gasteiger partial charge in [0.15, 0.2) is 0 Å². The van der Waals surface area contributed by atoms with Crippen molar-refractivity contribution in [2.45, 2.75) is 25.5 Å². The lowest BCUT2D eigenvalue weighted by atomic mass is 10.2. The number of rotatable bonds is 6. The van der Waals surface area contributed by atoms with Gasteiger partial charge in [-0.05, 0) is 12.1 Å². The molecule has 2 rings (SSSR count). The second kappa shape index (κ2) is 7.79. The van der Waals surface area contributed by atoms with Crippen molar-refractivity contribution in [1.29, 1.82) is 0 Å². The van der Waals surface area contributed by atoms with Crippen molar-refractivity contribution >= 4 is 11.8 Å². The maximum absolute atomic E-state index is 12.2. The summed E-state index contributed by atoms with van der Waals surface area (Å²) in [6.07, 6.45) is 0.317. The van der Waals surface area contributed by atoms with Crippen LogP contribution in [-0.2, 0) is 14.3 Å². The fraction of sp³-hybridized carbons (Fsp3) is 0.500. The third kappa shape index (κ3) is 4.21. The summed E-state index contributed by atoms with van der Waals surface area (Å²) >= 11 is 0. The third-order valence-electron chi connectivity index (χ3n) is 3.62. The average Bonchev–Trinajstić information content (AvgIpc) is 2.92. The maximum Gasteiger partial charge on any atom is 0.243 e. The monoisotopic (exact) mass is 306 g/mol. The summed E-state index contributed by atoms with van der Waals surface area (Å²) in [7, 11) is 1.58. The Balaban J connectivity index is 1.97. The largest absolute Gasteiger partial charge is 0.488 e. The number of benzene rings is 1. The van der Waals surface area contributed by atoms with Gasteiger partial charge < -0.3 is 19.7 Å². The molecule has 6 heteroatoms. The first-order valence-corrected chi connectivity index (χ1v) is 7.37. The first-order valence-electron chi connectivity index (χ1n) is 7.37. The number of nitrogens with one attached hydrogen (secondary N) is 1. The second-order valence-electron chi connectivity index (χ2n) is 5.26. The number of likely N-dealkylation sites (tertiary alicyclic amines) is 1. The Bertz CT molecular complexity index is 506. The number of hydrogen-bond donors (Lipinski definition) is 1. The van der Waals surface area contributed by atoms with Crippen molar-refractivity contribution < 1.29 is 19.1 Å². The summed E-state index contributed by atoms with van der Waals surface area (Å²) in [6, 6.07) is 8.94. The maximum atomic E-state index is 12.2. The Morgan fingerprint density at radius 1 is 1.32 bits per heavy atom. The lowest BCUT2D eigenvalue weighted by Crippen LogP contribution is -2.45. The molecule has 1 saturated heterocycles. The number of carbonyl (C=O) groups excluding carboxylic acids is 2. The molecule has 1 aromatic rings. The van der Waals surface area contributed by atoms with E-state index in [1.807, 2.05) is 30.3 Å². The molecular weight excluding hydrogens is 284 g/mol. The van der Waals surface area contributed by atoms with Crippen molar-refractivity contribution in [3.8, 4) is 5.75 Å². The van der Waals surface area contributed by atoms with Gasteiger partial charge in [-0.15, -0.1) is 0 Å². The molecule has 1 aliphatic rings. The van der Waals surface area contributed by atoms with Gasteiger partial charge in [0.2, 0.25) is 11.8 Å². The van der Waals surface area contributed by atoms with Crippen molar-refractivity contribution in [2.24, 2.45) is 0 Å². The first-order chi connectivity index (χ1) is 10.6. The summed E-state index contributed by atoms with van der Waals surface area (Å²) in [5, 5.41) is 2.78. The highest BCUT2D eigenvalue weighted by atomic mass is 16.5. The number of carbonyl (C=O) groups is 2. The molecule has 0 aromatic heterocycles. The highest BCUT2D eigenvalue weighted by molar-refractivity contribution is 5.87. The van der Waals surface area contributed by atoms with Gasteiger partial charge in [0.25, 0.3) is 0 Å². The molecular formula is C16H22N2O4. The van der Waals surface area contributed by atoms with Crippen LogP contribution in [0.2, 0.25) is 0 Å². The molecule has 1 heterocycles. The smallest absolute Gasteiger partial charge is 0.243 e. The Morgan fingerprint density at radius 2 is 2.05 bits per heavy atom. The van der Waals surface area contributed by atoms with E-state index >= 15 is 0 Å². The van der Waals surface area contributed by atoms with E-state index < -0.39 is 6.04 Å². The van der Waals surface area contributed by atoms with Crippen LogP contribution in [0.25, 0.3) is 0 Å². The Kier molecular flexibility index (Phi) is 5.77. The first kappa shape index (κ1) is 16.3. The lowest BCUT2D eigenvalue weighted by Gasteiger charge is -2.21. The topological polar surface area (TPSA) is 67.9 Å². The molecule has 0 spiro atoms. The molecule has 1 aliphatic heterocycles. The number of hydrogen-bond acceptors (Lipinski definition) is 4. The molecule has 2 amide bonds. The summed E-state index contributed by atoms with van der Waals surface area (Å²) in [6.45, 7) is 2.77. The number of amides is 2. The predicted octanol–water partition coefficient (Wildman–Crippen LogP) is 0.817. The van der Waals surface area contributed by atoms with Gasteiger partial charge in [0.1, 0.15) is 17.9 Å². The molecule has 1 N–H and O–H groups in total. The predicted molar refractivity (Wildman–Crippen MR) is 81.5 cm³/mol. The van der Waals surface area contributed by atoms with E-state index in [0.717, 1.165) is 5.75 Å². The quantitative estimate of drug-likeness (QED) is 0.790. The van der Waals surface area contributed by atoms with E-state index in [1.54, 1.807) is 12.0 Å². The van der Waals surface area contributed by atoms with Crippen molar-refractivity contribution in [3.05, 3.63) is 30.3 Å². The number of methoxy groups -OCH3 is 1. The summed E-state index contributed by atoms with van der Waals surface area (Å²) in [4.78, 5) is 25.5. The van der Waals surface area contributed by atoms with E-state index in [2.05, 4.69) is 5.32 Å². The normalized spacial score (nSPS) is 20.7. The van der Waals surface area contributed by atoms with Crippen LogP contribution in [0.4, 0.5) is 0 Å². The average molecular weight is 306 g/mol. The summed E-state index contributed by atoms with van der Waals surface area (Å²) in [5.41, 5.74) is 0. The fourth-order valence-electron chi connectivity index (χ4n) is 2.57. The van der Waals surface area contributed by atoms with Gasteiger partial charge >= 0.3 is 0 Å². The van der Waals surface area contributed by atoms with Gasteiger partial charge in [-0.25, -0.2) is 0 Å². The van der Waals surface area contributed by atoms with Gasteiger partial charge in [-0.1, -0.05) is 18.2 Å². The van der Waals surface area contributed by atoms with Crippen LogP contribution in [0, 0.1) is 0 Å². The van der Waals surface area contributed by atoms with Gasteiger partial charge in [0.05, 0.1) is 13.2 Å². The van der Waals surface area contributed by atoms with Crippen LogP contribution in [0.1, 0.15) is 13.3 Å². The van der Waals surface area contributed by atoms with Gasteiger partial charge in [-0.2, -0.15) is 0 Å². The molecule has 0 unspecified atom stereocenters. The third-order valence-corrected chi connectivity index (χ3v) is 3.62. The molecule has 0 aliphatic carbocycles. The highest BCUT2D eigenvalue weighted by Gasteiger charge is 2.39. The molecule has 120 valence electrons. The van der Waals surface area contributed by atoms with Crippen molar-refractivity contribution in [1.82, 2.24) is 10.2 Å². The zero-order valence-electron chi connectivity index (χ0n) is 13.0. The lowest BCUT2D eigenvalue weighted by molar-refractivity contribution is -0.137. The standard InChI is InChI=1S/C16H22N2O4/c1-12(19)18-11-14(22-13-6-4-3-5-7-13)10-15(18)16(20)17-8-9-21-2/h3-7,14-15H,8-11H2,1-2H3,(H,17,20)/t14-,15+/m0/s1. The van der Waals surface area contributed by atoms with Crippen molar-refractivity contribution in [2.75, 3.05) is 26.8 Å². The van der Waals surface area contributed by atoms with E-state index in [1.165, 1.54) is 6.92 Å². The van der Waals surface area contributed by atoms with Crippen molar-refractivity contribution in [3.63, 3.8) is 0 Å². The molecule has 1 fully saturated rings. The Morgan fingerprint density at radius 3 is 2.68 bits per heavy atom. The molecule has 22 heavy (non-hydrogen) atoms. The molecule has 2 atom stereocenters. The number of para-hydroxylation sites is 1. The van der Waals surface area contributed by atoms with Gasteiger partial charge in [-0.3, -0.25) is 9.59 Å². The number of ether oxygens (including phenoxy) is 2. The van der Waals surface area contributed by atoms with Gasteiger partial charge in [0, 0.05) is 27.0 Å². The molecule has 0 bridgehead atoms. The van der Waals surface area contributed by atoms with Crippen LogP contribution in [0.5, 0.6) is 5.75 Å². The van der Waals surface area contributed by atoms with E-state index in [0.29, 0.717) is 26.1 Å². The van der Waals surface area contributed by atoms with E-state index in [-0.39, 0.29) is 17.9 Å². The Hall–Kier alpha value is -2.08. The second-order valence-corrected chi connectivity index (χ2v) is 5.26. The summed E-state index contributed by atoms with van der Waals surface area (Å²) in [5.74, 6) is 0.467. The van der Waals surface area contributed by atoms with Crippen LogP contribution < -0.4 is 10.1 Å². The zero-order chi connectivity index (χ0) is 15.9. The van der Waals surface area contributed by atoms with Crippen LogP contribution in [0.15, 0.2) is 30.3 Å². The fourth-order valence-corrected chi connectivity index (χ4v) is 2.57. The molecule has 0 radical (unpaired) electrons. The van der Waals surface area contributed by atoms with Crippen LogP contribution >= 0.6 is 0 Å². The molecule has 6 nitrogen and oxygen atoms in total. The zero-order valence-corrected chi connectivity index (χ0v) is 13.0. The minimum atomic E-state index is -0.483. The van der Waals surface area contributed by atoms with E-state index in [4.69, 9.17) is 9.47 Å². The highest BCUT2D eigenvalue weighted by Crippen LogP contribution is 2.23. The van der Waals surface area contributed by atoms with Crippen LogP contribution in [-0.4, -0.2) is 55.7 Å². The molecule has 1 aromatic carbocycles. The number of nitrogens with zero attached hydrogens (tertiary/aromatic N) is 1. The SMILES string of the molecule is COCCNC(=O)[C@H]1C[C@H](Oc2ccccc2)CN1C(C)=O.